The van der Waals surface area contributed by atoms with Crippen LogP contribution in [-0.4, -0.2) is 0 Å². The van der Waals surface area contributed by atoms with Crippen molar-refractivity contribution >= 4 is 0 Å². The summed E-state index contributed by atoms with van der Waals surface area (Å²) in [6.45, 7) is 12.5. The van der Waals surface area contributed by atoms with Crippen LogP contribution in [0.4, 0.5) is 0 Å². The molecule has 10 heavy (non-hydrogen) atoms. The molecule has 0 bridgehead atoms. The second-order valence-electron chi connectivity index (χ2n) is 3.31. The summed E-state index contributed by atoms with van der Waals surface area (Å²) in [6.07, 6.45) is 4.30. The van der Waals surface area contributed by atoms with Crippen molar-refractivity contribution in [1.82, 2.24) is 0 Å². The van der Waals surface area contributed by atoms with Crippen molar-refractivity contribution in [3.8, 4) is 0 Å². The van der Waals surface area contributed by atoms with E-state index in [1.54, 1.807) is 0 Å². The minimum atomic E-state index is 0.664. The van der Waals surface area contributed by atoms with Gasteiger partial charge in [0.1, 0.15) is 0 Å². The molecule has 0 rings (SSSR count). The first kappa shape index (κ1) is 9.48. The minimum Gasteiger partial charge on any atom is -0.0961 e. The number of hydrogen-bond donors (Lipinski definition) is 0. The minimum absolute atomic E-state index is 0.664. The van der Waals surface area contributed by atoms with Gasteiger partial charge in [-0.15, -0.1) is 0 Å². The van der Waals surface area contributed by atoms with Crippen LogP contribution in [-0.2, 0) is 0 Å². The molecular weight excluding hydrogens is 120 g/mol. The summed E-state index contributed by atoms with van der Waals surface area (Å²) in [4.78, 5) is 0. The van der Waals surface area contributed by atoms with E-state index in [1.165, 1.54) is 0 Å². The van der Waals surface area contributed by atoms with Gasteiger partial charge in [-0.2, -0.15) is 0 Å². The van der Waals surface area contributed by atoms with Gasteiger partial charge in [0.05, 0.1) is 0 Å². The molecule has 0 saturated carbocycles. The summed E-state index contributed by atoms with van der Waals surface area (Å²) in [7, 11) is 0. The van der Waals surface area contributed by atoms with Crippen molar-refractivity contribution in [2.45, 2.75) is 27.7 Å². The molecule has 0 heteroatoms. The highest BCUT2D eigenvalue weighted by atomic mass is 14.1. The van der Waals surface area contributed by atoms with Gasteiger partial charge < -0.3 is 0 Å². The molecule has 0 unspecified atom stereocenters. The molecule has 0 N–H and O–H groups in total. The van der Waals surface area contributed by atoms with Crippen molar-refractivity contribution in [3.63, 3.8) is 0 Å². The Morgan fingerprint density at radius 3 is 2.10 bits per heavy atom. The normalized spacial score (nSPS) is 14.5. The van der Waals surface area contributed by atoms with E-state index in [4.69, 9.17) is 0 Å². The van der Waals surface area contributed by atoms with Crippen LogP contribution in [0, 0.1) is 11.8 Å². The summed E-state index contributed by atoms with van der Waals surface area (Å²) in [5.74, 6) is 1.40. The second kappa shape index (κ2) is 4.32. The molecule has 0 spiro atoms. The smallest absolute Gasteiger partial charge is 0.0236 e. The molecule has 58 valence electrons. The Balaban J connectivity index is 3.77. The molecule has 0 heterocycles. The fourth-order valence-electron chi connectivity index (χ4n) is 0.538. The summed E-state index contributed by atoms with van der Waals surface area (Å²) in [5.41, 5.74) is 1.13. The molecule has 0 aliphatic rings. The maximum absolute atomic E-state index is 3.80. The Hall–Kier alpha value is -0.520. The van der Waals surface area contributed by atoms with Gasteiger partial charge in [0.2, 0.25) is 0 Å². The van der Waals surface area contributed by atoms with Crippen molar-refractivity contribution in [1.29, 1.82) is 0 Å². The van der Waals surface area contributed by atoms with Crippen LogP contribution in [0.25, 0.3) is 0 Å². The van der Waals surface area contributed by atoms with Crippen LogP contribution in [0.3, 0.4) is 0 Å². The van der Waals surface area contributed by atoms with Gasteiger partial charge in [-0.3, -0.25) is 0 Å². The maximum atomic E-state index is 3.80. The lowest BCUT2D eigenvalue weighted by Crippen LogP contribution is -1.98. The molecule has 0 aromatic heterocycles. The quantitative estimate of drug-likeness (QED) is 0.524. The topological polar surface area (TPSA) is 0 Å². The van der Waals surface area contributed by atoms with E-state index in [1.807, 2.05) is 6.92 Å². The van der Waals surface area contributed by atoms with Gasteiger partial charge in [-0.25, -0.2) is 0 Å². The average molecular weight is 138 g/mol. The third kappa shape index (κ3) is 4.37. The lowest BCUT2D eigenvalue weighted by molar-refractivity contribution is 0.504. The lowest BCUT2D eigenvalue weighted by Gasteiger charge is -2.09. The Morgan fingerprint density at radius 1 is 1.30 bits per heavy atom. The van der Waals surface area contributed by atoms with Crippen LogP contribution in [0.5, 0.6) is 0 Å². The van der Waals surface area contributed by atoms with Gasteiger partial charge in [0.25, 0.3) is 0 Å². The third-order valence-corrected chi connectivity index (χ3v) is 1.74. The molecular formula is C10H18. The molecule has 1 atom stereocenters. The highest BCUT2D eigenvalue weighted by Crippen LogP contribution is 2.11. The summed E-state index contributed by atoms with van der Waals surface area (Å²) in [5, 5.41) is 0. The summed E-state index contributed by atoms with van der Waals surface area (Å²) in [6, 6.07) is 0. The molecule has 0 aliphatic carbocycles. The first-order valence-electron chi connectivity index (χ1n) is 3.87. The van der Waals surface area contributed by atoms with Gasteiger partial charge in [-0.1, -0.05) is 45.1 Å². The van der Waals surface area contributed by atoms with Gasteiger partial charge >= 0.3 is 0 Å². The fraction of sp³-hybridized carbons (Fsp3) is 0.600. The predicted molar refractivity (Wildman–Crippen MR) is 48.0 cm³/mol. The highest BCUT2D eigenvalue weighted by molar-refractivity contribution is 5.11. The average Bonchev–Trinajstić information content (AvgIpc) is 1.82. The first-order chi connectivity index (χ1) is 4.54. The Morgan fingerprint density at radius 2 is 1.80 bits per heavy atom. The molecule has 0 aliphatic heterocycles. The van der Waals surface area contributed by atoms with Crippen LogP contribution < -0.4 is 0 Å². The molecule has 0 nitrogen and oxygen atoms in total. The van der Waals surface area contributed by atoms with Crippen molar-refractivity contribution in [2.75, 3.05) is 0 Å². The summed E-state index contributed by atoms with van der Waals surface area (Å²) < 4.78 is 0. The molecule has 0 radical (unpaired) electrons. The Bertz CT molecular complexity index is 129. The van der Waals surface area contributed by atoms with Crippen LogP contribution >= 0.6 is 0 Å². The Kier molecular flexibility index (Phi) is 4.10. The number of rotatable bonds is 3. The van der Waals surface area contributed by atoms with Crippen molar-refractivity contribution in [3.05, 3.63) is 24.3 Å². The number of allylic oxidation sites excluding steroid dienone is 3. The third-order valence-electron chi connectivity index (χ3n) is 1.74. The zero-order valence-electron chi connectivity index (χ0n) is 7.52. The highest BCUT2D eigenvalue weighted by Gasteiger charge is 2.00. The van der Waals surface area contributed by atoms with Crippen LogP contribution in [0.1, 0.15) is 27.7 Å². The number of hydrogen-bond acceptors (Lipinski definition) is 0. The largest absolute Gasteiger partial charge is 0.0961 e. The summed E-state index contributed by atoms with van der Waals surface area (Å²) >= 11 is 0. The zero-order chi connectivity index (χ0) is 8.15. The van der Waals surface area contributed by atoms with E-state index < -0.39 is 0 Å². The van der Waals surface area contributed by atoms with E-state index in [0.29, 0.717) is 5.92 Å². The van der Waals surface area contributed by atoms with Crippen LogP contribution in [0.2, 0.25) is 0 Å². The van der Waals surface area contributed by atoms with Crippen molar-refractivity contribution < 1.29 is 0 Å². The first-order valence-corrected chi connectivity index (χ1v) is 3.87. The van der Waals surface area contributed by atoms with E-state index in [-0.39, 0.29) is 0 Å². The lowest BCUT2D eigenvalue weighted by atomic mass is 9.97. The Labute approximate surface area is 64.6 Å². The fourth-order valence-corrected chi connectivity index (χ4v) is 0.538. The molecule has 0 saturated heterocycles. The molecule has 0 amide bonds. The second-order valence-corrected chi connectivity index (χ2v) is 3.31. The van der Waals surface area contributed by atoms with Gasteiger partial charge in [0, 0.05) is 0 Å². The molecule has 0 aromatic rings. The van der Waals surface area contributed by atoms with E-state index >= 15 is 0 Å². The van der Waals surface area contributed by atoms with Gasteiger partial charge in [0.15, 0.2) is 0 Å². The zero-order valence-corrected chi connectivity index (χ0v) is 7.52. The monoisotopic (exact) mass is 138 g/mol. The van der Waals surface area contributed by atoms with E-state index in [2.05, 4.69) is 39.5 Å². The van der Waals surface area contributed by atoms with Crippen molar-refractivity contribution in [2.24, 2.45) is 11.8 Å². The van der Waals surface area contributed by atoms with Crippen LogP contribution in [0.15, 0.2) is 24.3 Å². The standard InChI is InChI=1S/C10H18/c1-8(2)6-7-10(5)9(3)4/h6-7,9-10H,1H2,2-5H3/b7-6-/t10-/m0/s1. The van der Waals surface area contributed by atoms with Gasteiger partial charge in [-0.05, 0) is 18.8 Å². The predicted octanol–water partition coefficient (Wildman–Crippen LogP) is 3.41. The maximum Gasteiger partial charge on any atom is -0.0236 e. The van der Waals surface area contributed by atoms with E-state index in [9.17, 15) is 0 Å². The molecule has 0 fully saturated rings. The molecule has 0 aromatic carbocycles. The van der Waals surface area contributed by atoms with E-state index in [0.717, 1.165) is 11.5 Å². The SMILES string of the molecule is C=C(C)/C=C\[C@H](C)C(C)C.